The highest BCUT2D eigenvalue weighted by Gasteiger charge is 2.26. The van der Waals surface area contributed by atoms with E-state index in [-0.39, 0.29) is 11.8 Å². The van der Waals surface area contributed by atoms with E-state index in [9.17, 15) is 4.79 Å². The lowest BCUT2D eigenvalue weighted by molar-refractivity contribution is -0.125. The Balaban J connectivity index is 1.40. The van der Waals surface area contributed by atoms with Gasteiger partial charge < -0.3 is 15.1 Å². The van der Waals surface area contributed by atoms with Crippen molar-refractivity contribution in [2.24, 2.45) is 5.92 Å². The van der Waals surface area contributed by atoms with Gasteiger partial charge in [0.15, 0.2) is 5.82 Å². The zero-order valence-corrected chi connectivity index (χ0v) is 19.7. The molecular weight excluding hydrogens is 412 g/mol. The Hall–Kier alpha value is -3.06. The third-order valence-electron chi connectivity index (χ3n) is 6.53. The van der Waals surface area contributed by atoms with Crippen molar-refractivity contribution in [3.8, 4) is 11.4 Å². The van der Waals surface area contributed by atoms with E-state index >= 15 is 0 Å². The lowest BCUT2D eigenvalue weighted by atomic mass is 9.95. The Labute approximate surface area is 196 Å². The first kappa shape index (κ1) is 23.1. The topological polar surface area (TPSA) is 74.2 Å². The zero-order valence-electron chi connectivity index (χ0n) is 19.7. The molecule has 1 fully saturated rings. The molecule has 0 unspecified atom stereocenters. The monoisotopic (exact) mass is 446 g/mol. The Kier molecular flexibility index (Phi) is 7.83. The van der Waals surface area contributed by atoms with Crippen LogP contribution in [-0.4, -0.2) is 65.0 Å². The first-order chi connectivity index (χ1) is 16.2. The molecule has 1 N–H and O–H groups in total. The van der Waals surface area contributed by atoms with E-state index in [1.807, 2.05) is 30.3 Å². The van der Waals surface area contributed by atoms with Gasteiger partial charge in [0, 0.05) is 48.9 Å². The van der Waals surface area contributed by atoms with Crippen LogP contribution >= 0.6 is 0 Å². The normalized spacial score (nSPS) is 14.7. The van der Waals surface area contributed by atoms with E-state index in [1.54, 1.807) is 12.4 Å². The molecule has 0 aliphatic carbocycles. The van der Waals surface area contributed by atoms with Crippen molar-refractivity contribution in [3.05, 3.63) is 48.8 Å². The minimum Gasteiger partial charge on any atom is -0.356 e. The summed E-state index contributed by atoms with van der Waals surface area (Å²) in [6.07, 6.45) is 6.20. The molecule has 2 aromatic heterocycles. The maximum absolute atomic E-state index is 12.7. The highest BCUT2D eigenvalue weighted by molar-refractivity contribution is 5.91. The van der Waals surface area contributed by atoms with Gasteiger partial charge in [0.2, 0.25) is 5.91 Å². The van der Waals surface area contributed by atoms with Crippen LogP contribution < -0.4 is 10.2 Å². The highest BCUT2D eigenvalue weighted by atomic mass is 16.1. The number of anilines is 1. The molecule has 3 aromatic rings. The van der Waals surface area contributed by atoms with Crippen LogP contribution in [0.4, 0.5) is 5.82 Å². The van der Waals surface area contributed by atoms with Gasteiger partial charge in [-0.2, -0.15) is 0 Å². The lowest BCUT2D eigenvalue weighted by Crippen LogP contribution is -2.41. The second-order valence-corrected chi connectivity index (χ2v) is 8.56. The molecule has 174 valence electrons. The van der Waals surface area contributed by atoms with Crippen molar-refractivity contribution < 1.29 is 4.79 Å². The zero-order chi connectivity index (χ0) is 23.0. The molecule has 1 aromatic carbocycles. The van der Waals surface area contributed by atoms with Crippen molar-refractivity contribution in [1.29, 1.82) is 0 Å². The molecule has 3 heterocycles. The number of pyridine rings is 1. The summed E-state index contributed by atoms with van der Waals surface area (Å²) in [5.41, 5.74) is 1.89. The van der Waals surface area contributed by atoms with E-state index in [2.05, 4.69) is 40.0 Å². The number of hydrogen-bond acceptors (Lipinski definition) is 6. The van der Waals surface area contributed by atoms with E-state index in [1.165, 1.54) is 0 Å². The number of hydrogen-bond donors (Lipinski definition) is 1. The number of fused-ring (bicyclic) bond motifs is 1. The van der Waals surface area contributed by atoms with Gasteiger partial charge in [0.25, 0.3) is 0 Å². The van der Waals surface area contributed by atoms with Crippen molar-refractivity contribution in [2.75, 3.05) is 44.2 Å². The van der Waals surface area contributed by atoms with Gasteiger partial charge in [0.1, 0.15) is 5.82 Å². The van der Waals surface area contributed by atoms with Crippen molar-refractivity contribution in [1.82, 2.24) is 25.2 Å². The van der Waals surface area contributed by atoms with E-state index in [0.29, 0.717) is 5.82 Å². The Morgan fingerprint density at radius 3 is 2.52 bits per heavy atom. The van der Waals surface area contributed by atoms with Gasteiger partial charge in [-0.15, -0.1) is 0 Å². The molecular formula is C26H34N6O. The standard InChI is InChI=1S/C26H34N6O/c1-3-31(4-2)17-7-14-28-26(33)21-12-18-32(19-13-21)25-22-8-5-6-9-23(22)29-24(30-25)20-10-15-27-16-11-20/h5-6,8-11,15-16,21H,3-4,7,12-14,17-19H2,1-2H3,(H,28,33). The second kappa shape index (κ2) is 11.2. The summed E-state index contributed by atoms with van der Waals surface area (Å²) in [7, 11) is 0. The summed E-state index contributed by atoms with van der Waals surface area (Å²) in [4.78, 5) is 31.2. The summed E-state index contributed by atoms with van der Waals surface area (Å²) in [5, 5.41) is 4.21. The number of rotatable bonds is 9. The smallest absolute Gasteiger partial charge is 0.223 e. The summed E-state index contributed by atoms with van der Waals surface area (Å²) in [6, 6.07) is 12.0. The molecule has 33 heavy (non-hydrogen) atoms. The molecule has 1 aliphatic heterocycles. The van der Waals surface area contributed by atoms with Crippen molar-refractivity contribution >= 4 is 22.6 Å². The third-order valence-corrected chi connectivity index (χ3v) is 6.53. The Bertz CT molecular complexity index is 1050. The summed E-state index contributed by atoms with van der Waals surface area (Å²) in [5.74, 6) is 1.92. The van der Waals surface area contributed by atoms with Crippen molar-refractivity contribution in [2.45, 2.75) is 33.1 Å². The number of benzene rings is 1. The average molecular weight is 447 g/mol. The van der Waals surface area contributed by atoms with Gasteiger partial charge in [0.05, 0.1) is 5.52 Å². The second-order valence-electron chi connectivity index (χ2n) is 8.56. The van der Waals surface area contributed by atoms with Crippen LogP contribution in [0.2, 0.25) is 0 Å². The number of para-hydroxylation sites is 1. The SMILES string of the molecule is CCN(CC)CCCNC(=O)C1CCN(c2nc(-c3ccncc3)nc3ccccc23)CC1. The minimum atomic E-state index is 0.0717. The van der Waals surface area contributed by atoms with Gasteiger partial charge in [-0.1, -0.05) is 26.0 Å². The van der Waals surface area contributed by atoms with Crippen LogP contribution in [0.5, 0.6) is 0 Å². The predicted octanol–water partition coefficient (Wildman–Crippen LogP) is 3.76. The first-order valence-corrected chi connectivity index (χ1v) is 12.1. The summed E-state index contributed by atoms with van der Waals surface area (Å²) in [6.45, 7) is 9.89. The summed E-state index contributed by atoms with van der Waals surface area (Å²) >= 11 is 0. The Morgan fingerprint density at radius 2 is 1.79 bits per heavy atom. The fourth-order valence-electron chi connectivity index (χ4n) is 4.48. The van der Waals surface area contributed by atoms with Gasteiger partial charge in [-0.3, -0.25) is 9.78 Å². The largest absolute Gasteiger partial charge is 0.356 e. The van der Waals surface area contributed by atoms with E-state index in [4.69, 9.17) is 9.97 Å². The maximum Gasteiger partial charge on any atom is 0.223 e. The van der Waals surface area contributed by atoms with Gasteiger partial charge in [-0.05, 0) is 63.2 Å². The van der Waals surface area contributed by atoms with Crippen molar-refractivity contribution in [3.63, 3.8) is 0 Å². The van der Waals surface area contributed by atoms with Crippen LogP contribution in [0, 0.1) is 5.92 Å². The van der Waals surface area contributed by atoms with Crippen LogP contribution in [0.15, 0.2) is 48.8 Å². The predicted molar refractivity (Wildman–Crippen MR) is 133 cm³/mol. The van der Waals surface area contributed by atoms with Crippen LogP contribution in [0.3, 0.4) is 0 Å². The highest BCUT2D eigenvalue weighted by Crippen LogP contribution is 2.30. The number of aromatic nitrogens is 3. The molecule has 0 radical (unpaired) electrons. The average Bonchev–Trinajstić information content (AvgIpc) is 2.88. The third kappa shape index (κ3) is 5.66. The molecule has 1 amide bonds. The first-order valence-electron chi connectivity index (χ1n) is 12.1. The van der Waals surface area contributed by atoms with Gasteiger partial charge in [-0.25, -0.2) is 9.97 Å². The van der Waals surface area contributed by atoms with E-state index < -0.39 is 0 Å². The Morgan fingerprint density at radius 1 is 1.06 bits per heavy atom. The number of nitrogens with one attached hydrogen (secondary N) is 1. The molecule has 1 saturated heterocycles. The van der Waals surface area contributed by atoms with E-state index in [0.717, 1.165) is 80.8 Å². The maximum atomic E-state index is 12.7. The fourth-order valence-corrected chi connectivity index (χ4v) is 4.48. The number of carbonyl (C=O) groups excluding carboxylic acids is 1. The molecule has 7 nitrogen and oxygen atoms in total. The van der Waals surface area contributed by atoms with Crippen LogP contribution in [0.1, 0.15) is 33.1 Å². The number of piperidine rings is 1. The van der Waals surface area contributed by atoms with Crippen LogP contribution in [0.25, 0.3) is 22.3 Å². The number of carbonyl (C=O) groups is 1. The molecule has 4 rings (SSSR count). The molecule has 7 heteroatoms. The summed E-state index contributed by atoms with van der Waals surface area (Å²) < 4.78 is 0. The number of amides is 1. The molecule has 0 spiro atoms. The molecule has 0 bridgehead atoms. The molecule has 0 atom stereocenters. The molecule has 1 aliphatic rings. The number of nitrogens with zero attached hydrogens (tertiary/aromatic N) is 5. The van der Waals surface area contributed by atoms with Crippen LogP contribution in [-0.2, 0) is 4.79 Å². The minimum absolute atomic E-state index is 0.0717. The van der Waals surface area contributed by atoms with Gasteiger partial charge >= 0.3 is 0 Å². The molecule has 0 saturated carbocycles. The quantitative estimate of drug-likeness (QED) is 0.505. The fraction of sp³-hybridized carbons (Fsp3) is 0.462. The lowest BCUT2D eigenvalue weighted by Gasteiger charge is -2.33.